The maximum atomic E-state index is 12.6. The van der Waals surface area contributed by atoms with Gasteiger partial charge in [0.1, 0.15) is 14.0 Å². The zero-order valence-corrected chi connectivity index (χ0v) is 16.8. The van der Waals surface area contributed by atoms with Crippen LogP contribution in [-0.4, -0.2) is 42.5 Å². The van der Waals surface area contributed by atoms with Crippen LogP contribution in [0.3, 0.4) is 0 Å². The van der Waals surface area contributed by atoms with Crippen molar-refractivity contribution in [1.29, 1.82) is 0 Å². The predicted molar refractivity (Wildman–Crippen MR) is 111 cm³/mol. The van der Waals surface area contributed by atoms with E-state index in [-0.39, 0.29) is 35.6 Å². The Bertz CT molecular complexity index is 991. The van der Waals surface area contributed by atoms with Crippen LogP contribution in [0.1, 0.15) is 47.4 Å². The van der Waals surface area contributed by atoms with Crippen LogP contribution in [0.15, 0.2) is 36.4 Å². The second-order valence-corrected chi connectivity index (χ2v) is 7.18. The van der Waals surface area contributed by atoms with Crippen LogP contribution >= 0.6 is 0 Å². The summed E-state index contributed by atoms with van der Waals surface area (Å²) in [5.41, 5.74) is 1.87. The Morgan fingerprint density at radius 2 is 1.87 bits per heavy atom. The van der Waals surface area contributed by atoms with Gasteiger partial charge < -0.3 is 14.6 Å². The first-order chi connectivity index (χ1) is 14.3. The van der Waals surface area contributed by atoms with Crippen molar-refractivity contribution in [2.45, 2.75) is 38.3 Å². The number of hydrogen-bond acceptors (Lipinski definition) is 7. The van der Waals surface area contributed by atoms with Crippen LogP contribution < -0.4 is 0 Å². The minimum atomic E-state index is -0.975. The number of carbonyl (C=O) groups excluding carboxylic acids is 2. The van der Waals surface area contributed by atoms with Crippen LogP contribution in [0.2, 0.25) is 6.32 Å². The first-order valence-corrected chi connectivity index (χ1v) is 9.81. The second kappa shape index (κ2) is 9.08. The molecule has 2 aromatic rings. The molecule has 0 heterocycles. The fraction of sp³-hybridized carbons (Fsp3) is 0.333. The monoisotopic (exact) mass is 411 g/mol. The summed E-state index contributed by atoms with van der Waals surface area (Å²) in [7, 11) is 1.94. The highest BCUT2D eigenvalue weighted by molar-refractivity contribution is 6.22. The molecule has 1 aliphatic rings. The number of ketones is 1. The lowest BCUT2D eigenvalue weighted by atomic mass is 9.98. The first-order valence-electron chi connectivity index (χ1n) is 9.81. The normalized spacial score (nSPS) is 13.9. The summed E-state index contributed by atoms with van der Waals surface area (Å²) >= 11 is 0. The van der Waals surface area contributed by atoms with E-state index in [4.69, 9.17) is 9.47 Å². The van der Waals surface area contributed by atoms with Gasteiger partial charge in [-0.3, -0.25) is 14.9 Å². The first kappa shape index (κ1) is 21.5. The van der Waals surface area contributed by atoms with E-state index in [0.717, 1.165) is 6.32 Å². The number of fused-ring (bicyclic) bond motifs is 3. The van der Waals surface area contributed by atoms with Gasteiger partial charge in [0.25, 0.3) is 5.69 Å². The number of aliphatic hydroxyl groups excluding tert-OH is 1. The van der Waals surface area contributed by atoms with E-state index < -0.39 is 23.3 Å². The van der Waals surface area contributed by atoms with Gasteiger partial charge in [-0.25, -0.2) is 4.79 Å². The molecule has 1 N–H and O–H groups in total. The highest BCUT2D eigenvalue weighted by Crippen LogP contribution is 2.41. The molecule has 30 heavy (non-hydrogen) atoms. The number of aliphatic hydroxyl groups is 1. The van der Waals surface area contributed by atoms with Gasteiger partial charge in [-0.05, 0) is 30.5 Å². The number of carbonyl (C=O) groups is 2. The van der Waals surface area contributed by atoms with E-state index in [1.807, 2.05) is 7.85 Å². The summed E-state index contributed by atoms with van der Waals surface area (Å²) in [4.78, 5) is 35.6. The van der Waals surface area contributed by atoms with Crippen molar-refractivity contribution in [1.82, 2.24) is 0 Å². The van der Waals surface area contributed by atoms with Crippen molar-refractivity contribution in [2.75, 3.05) is 6.61 Å². The van der Waals surface area contributed by atoms with Crippen LogP contribution in [0.4, 0.5) is 10.5 Å². The van der Waals surface area contributed by atoms with E-state index in [2.05, 4.69) is 0 Å². The predicted octanol–water partition coefficient (Wildman–Crippen LogP) is 3.21. The molecular weight excluding hydrogens is 389 g/mol. The van der Waals surface area contributed by atoms with Gasteiger partial charge in [-0.15, -0.1) is 0 Å². The lowest BCUT2D eigenvalue weighted by Crippen LogP contribution is -2.16. The summed E-state index contributed by atoms with van der Waals surface area (Å²) in [6.07, 6.45) is -0.790. The summed E-state index contributed by atoms with van der Waals surface area (Å²) in [6.45, 7) is 1.49. The lowest BCUT2D eigenvalue weighted by Gasteiger charge is -2.15. The Kier molecular flexibility index (Phi) is 6.51. The quantitative estimate of drug-likeness (QED) is 0.262. The molecule has 1 aliphatic carbocycles. The molecule has 9 heteroatoms. The number of hydrogen-bond donors (Lipinski definition) is 1. The molecule has 0 fully saturated rings. The van der Waals surface area contributed by atoms with Gasteiger partial charge >= 0.3 is 6.16 Å². The van der Waals surface area contributed by atoms with E-state index in [0.29, 0.717) is 23.1 Å². The van der Waals surface area contributed by atoms with Crippen molar-refractivity contribution in [3.63, 3.8) is 0 Å². The SMILES string of the molecule is BCCC(O)CCOC(=O)OC(C)c1cc2c(cc1[N+](=O)[O-])C(=O)c1ccccc1-2. The number of nitro benzene ring substituents is 1. The third kappa shape index (κ3) is 4.36. The van der Waals surface area contributed by atoms with Gasteiger partial charge in [0.2, 0.25) is 0 Å². The Morgan fingerprint density at radius 3 is 2.53 bits per heavy atom. The number of ether oxygens (including phenoxy) is 2. The van der Waals surface area contributed by atoms with Crippen molar-refractivity contribution in [3.05, 3.63) is 63.2 Å². The molecule has 0 spiro atoms. The topological polar surface area (TPSA) is 116 Å². The average Bonchev–Trinajstić information content (AvgIpc) is 2.99. The summed E-state index contributed by atoms with van der Waals surface area (Å²) in [6, 6.07) is 9.73. The molecule has 0 saturated heterocycles. The molecule has 156 valence electrons. The number of rotatable bonds is 8. The van der Waals surface area contributed by atoms with Crippen LogP contribution in [0.5, 0.6) is 0 Å². The maximum absolute atomic E-state index is 12.6. The van der Waals surface area contributed by atoms with Crippen LogP contribution in [-0.2, 0) is 9.47 Å². The fourth-order valence-electron chi connectivity index (χ4n) is 3.56. The minimum absolute atomic E-state index is 0.0130. The molecule has 0 aliphatic heterocycles. The highest BCUT2D eigenvalue weighted by Gasteiger charge is 2.32. The molecule has 0 radical (unpaired) electrons. The zero-order chi connectivity index (χ0) is 21.8. The molecule has 0 saturated carbocycles. The second-order valence-electron chi connectivity index (χ2n) is 7.18. The van der Waals surface area contributed by atoms with Crippen molar-refractivity contribution in [2.24, 2.45) is 0 Å². The highest BCUT2D eigenvalue weighted by atomic mass is 16.7. The minimum Gasteiger partial charge on any atom is -0.434 e. The molecule has 0 bridgehead atoms. The molecule has 0 aromatic heterocycles. The van der Waals surface area contributed by atoms with Crippen LogP contribution in [0, 0.1) is 10.1 Å². The Labute approximate surface area is 174 Å². The van der Waals surface area contributed by atoms with E-state index in [1.165, 1.54) is 19.1 Å². The number of nitro groups is 1. The standard InChI is InChI=1S/C21H22BNO7/c1-12(30-21(26)29-9-7-13(24)6-8-22)16-10-17-14-4-2-3-5-15(14)20(25)18(17)11-19(16)23(27)28/h2-5,10-13,24H,6-9,22H2,1H3. The summed E-state index contributed by atoms with van der Waals surface area (Å²) in [5, 5.41) is 21.3. The number of benzene rings is 2. The summed E-state index contributed by atoms with van der Waals surface area (Å²) in [5.74, 6) is -0.270. The van der Waals surface area contributed by atoms with E-state index in [1.54, 1.807) is 24.3 Å². The fourth-order valence-corrected chi connectivity index (χ4v) is 3.56. The molecule has 0 amide bonds. The Hall–Kier alpha value is -3.20. The zero-order valence-electron chi connectivity index (χ0n) is 16.8. The summed E-state index contributed by atoms with van der Waals surface area (Å²) < 4.78 is 10.2. The van der Waals surface area contributed by atoms with Crippen LogP contribution in [0.25, 0.3) is 11.1 Å². The third-order valence-corrected chi connectivity index (χ3v) is 5.07. The van der Waals surface area contributed by atoms with Gasteiger partial charge in [-0.1, -0.05) is 30.6 Å². The molecular formula is C21H22BNO7. The van der Waals surface area contributed by atoms with E-state index in [9.17, 15) is 24.8 Å². The Morgan fingerprint density at radius 1 is 1.17 bits per heavy atom. The molecule has 2 unspecified atom stereocenters. The molecule has 3 rings (SSSR count). The Balaban J connectivity index is 1.79. The number of nitrogens with zero attached hydrogens (tertiary/aromatic N) is 1. The van der Waals surface area contributed by atoms with Crippen molar-refractivity contribution in [3.8, 4) is 11.1 Å². The molecule has 2 atom stereocenters. The maximum Gasteiger partial charge on any atom is 0.508 e. The van der Waals surface area contributed by atoms with E-state index >= 15 is 0 Å². The van der Waals surface area contributed by atoms with Gasteiger partial charge in [0, 0.05) is 23.6 Å². The average molecular weight is 411 g/mol. The largest absolute Gasteiger partial charge is 0.508 e. The van der Waals surface area contributed by atoms with Gasteiger partial charge in [0.05, 0.1) is 23.2 Å². The van der Waals surface area contributed by atoms with Crippen molar-refractivity contribution >= 4 is 25.5 Å². The lowest BCUT2D eigenvalue weighted by molar-refractivity contribution is -0.386. The van der Waals surface area contributed by atoms with Gasteiger partial charge in [0.15, 0.2) is 5.78 Å². The third-order valence-electron chi connectivity index (χ3n) is 5.07. The molecule has 2 aromatic carbocycles. The van der Waals surface area contributed by atoms with Crippen molar-refractivity contribution < 1.29 is 29.1 Å². The van der Waals surface area contributed by atoms with Gasteiger partial charge in [-0.2, -0.15) is 0 Å². The molecule has 8 nitrogen and oxygen atoms in total. The smallest absolute Gasteiger partial charge is 0.434 e.